The van der Waals surface area contributed by atoms with Crippen LogP contribution in [0.3, 0.4) is 0 Å². The van der Waals surface area contributed by atoms with Crippen LogP contribution in [0, 0.1) is 10.1 Å². The van der Waals surface area contributed by atoms with Gasteiger partial charge in [-0.15, -0.1) is 23.5 Å². The number of carbonyl (C=O) groups excluding carboxylic acids is 3. The van der Waals surface area contributed by atoms with E-state index in [0.29, 0.717) is 22.6 Å². The number of carbonyl (C=O) groups is 3. The average molecular weight is 586 g/mol. The number of rotatable bonds is 10. The summed E-state index contributed by atoms with van der Waals surface area (Å²) in [5, 5.41) is 10.4. The van der Waals surface area contributed by atoms with E-state index < -0.39 is 39.1 Å². The Bertz CT molecular complexity index is 1380. The minimum atomic E-state index is -1.22. The van der Waals surface area contributed by atoms with E-state index in [-0.39, 0.29) is 18.0 Å². The first kappa shape index (κ1) is 29.2. The van der Waals surface area contributed by atoms with Crippen molar-refractivity contribution in [2.75, 3.05) is 19.1 Å². The van der Waals surface area contributed by atoms with Crippen LogP contribution in [0.25, 0.3) is 0 Å². The molecule has 0 saturated carbocycles. The summed E-state index contributed by atoms with van der Waals surface area (Å²) in [6.45, 7) is 2.89. The van der Waals surface area contributed by atoms with Crippen LogP contribution in [0.1, 0.15) is 25.0 Å². The van der Waals surface area contributed by atoms with Gasteiger partial charge in [-0.3, -0.25) is 29.6 Å². The predicted octanol–water partition coefficient (Wildman–Crippen LogP) is 3.95. The molecule has 40 heavy (non-hydrogen) atoms. The lowest BCUT2D eigenvalue weighted by molar-refractivity contribution is -0.384. The number of benzene rings is 2. The monoisotopic (exact) mass is 585 g/mol. The number of methoxy groups -OCH3 is 1. The van der Waals surface area contributed by atoms with Crippen LogP contribution in [0.15, 0.2) is 64.8 Å². The third kappa shape index (κ3) is 5.70. The molecular formula is C27H27N3O8S2. The number of hydrogen-bond donors (Lipinski definition) is 0. The molecule has 0 aromatic heterocycles. The van der Waals surface area contributed by atoms with Crippen molar-refractivity contribution < 1.29 is 33.5 Å². The van der Waals surface area contributed by atoms with E-state index >= 15 is 0 Å². The van der Waals surface area contributed by atoms with Gasteiger partial charge >= 0.3 is 11.9 Å². The van der Waals surface area contributed by atoms with Crippen molar-refractivity contribution in [2.24, 2.45) is 4.99 Å². The second kappa shape index (κ2) is 12.1. The molecule has 0 aliphatic carbocycles. The molecule has 1 amide bonds. The first-order valence-corrected chi connectivity index (χ1v) is 14.4. The summed E-state index contributed by atoms with van der Waals surface area (Å²) in [4.78, 5) is 54.0. The Hall–Kier alpha value is -3.84. The fourth-order valence-electron chi connectivity index (χ4n) is 4.30. The number of hydrogen-bond acceptors (Lipinski definition) is 11. The van der Waals surface area contributed by atoms with E-state index in [4.69, 9.17) is 14.2 Å². The zero-order valence-electron chi connectivity index (χ0n) is 22.2. The number of thioether (sulfide) groups is 2. The number of β-lactam (4-membered cyclic amide) rings is 1. The summed E-state index contributed by atoms with van der Waals surface area (Å²) in [6.07, 6.45) is 2.50. The van der Waals surface area contributed by atoms with Crippen molar-refractivity contribution in [3.63, 3.8) is 0 Å². The van der Waals surface area contributed by atoms with Crippen LogP contribution in [0.2, 0.25) is 0 Å². The number of amides is 1. The maximum Gasteiger partial charge on any atom is 0.355 e. The third-order valence-electron chi connectivity index (χ3n) is 6.41. The van der Waals surface area contributed by atoms with Gasteiger partial charge in [0.1, 0.15) is 29.5 Å². The quantitative estimate of drug-likeness (QED) is 0.132. The van der Waals surface area contributed by atoms with Crippen molar-refractivity contribution in [1.82, 2.24) is 4.90 Å². The normalized spacial score (nSPS) is 20.9. The number of esters is 2. The number of ether oxygens (including phenoxy) is 3. The van der Waals surface area contributed by atoms with Gasteiger partial charge < -0.3 is 14.2 Å². The first-order chi connectivity index (χ1) is 19.1. The summed E-state index contributed by atoms with van der Waals surface area (Å²) in [5.41, 5.74) is 1.78. The molecule has 2 aromatic rings. The summed E-state index contributed by atoms with van der Waals surface area (Å²) in [6, 6.07) is 12.8. The molecule has 2 aliphatic rings. The molecule has 2 aromatic carbocycles. The molecule has 3 atom stereocenters. The molecule has 0 bridgehead atoms. The van der Waals surface area contributed by atoms with Gasteiger partial charge in [-0.2, -0.15) is 0 Å². The van der Waals surface area contributed by atoms with Crippen molar-refractivity contribution in [1.29, 1.82) is 0 Å². The molecule has 0 radical (unpaired) electrons. The van der Waals surface area contributed by atoms with Gasteiger partial charge in [0.05, 0.1) is 12.0 Å². The topological polar surface area (TPSA) is 138 Å². The molecule has 210 valence electrons. The highest BCUT2D eigenvalue weighted by molar-refractivity contribution is 8.05. The lowest BCUT2D eigenvalue weighted by Gasteiger charge is -2.54. The summed E-state index contributed by atoms with van der Waals surface area (Å²) < 4.78 is 16.1. The van der Waals surface area contributed by atoms with Crippen LogP contribution >= 0.6 is 23.5 Å². The smallest absolute Gasteiger partial charge is 0.355 e. The van der Waals surface area contributed by atoms with Crippen LogP contribution in [-0.4, -0.2) is 69.4 Å². The van der Waals surface area contributed by atoms with Crippen molar-refractivity contribution in [2.45, 2.75) is 36.8 Å². The van der Waals surface area contributed by atoms with Crippen molar-refractivity contribution >= 4 is 53.3 Å². The molecular weight excluding hydrogens is 558 g/mol. The number of nitro groups is 1. The summed E-state index contributed by atoms with van der Waals surface area (Å²) >= 11 is 2.64. The fraction of sp³-hybridized carbons (Fsp3) is 0.333. The Morgan fingerprint density at radius 3 is 2.50 bits per heavy atom. The van der Waals surface area contributed by atoms with Gasteiger partial charge in [0, 0.05) is 36.6 Å². The first-order valence-electron chi connectivity index (χ1n) is 12.1. The molecule has 1 unspecified atom stereocenters. The number of nitro benzene ring substituents is 1. The largest absolute Gasteiger partial charge is 0.497 e. The molecule has 1 saturated heterocycles. The van der Waals surface area contributed by atoms with E-state index in [1.807, 2.05) is 0 Å². The van der Waals surface area contributed by atoms with E-state index in [1.54, 1.807) is 56.7 Å². The van der Waals surface area contributed by atoms with Gasteiger partial charge in [0.15, 0.2) is 0 Å². The minimum Gasteiger partial charge on any atom is -0.497 e. The van der Waals surface area contributed by atoms with Crippen LogP contribution in [0.4, 0.5) is 5.69 Å². The van der Waals surface area contributed by atoms with E-state index in [1.165, 1.54) is 53.7 Å². The maximum absolute atomic E-state index is 13.7. The second-order valence-corrected chi connectivity index (χ2v) is 11.0. The molecule has 0 spiro atoms. The molecule has 0 N–H and O–H groups in total. The Morgan fingerprint density at radius 1 is 1.25 bits per heavy atom. The Balaban J connectivity index is 1.61. The third-order valence-corrected chi connectivity index (χ3v) is 9.03. The average Bonchev–Trinajstić information content (AvgIpc) is 2.95. The molecule has 1 fully saturated rings. The van der Waals surface area contributed by atoms with E-state index in [9.17, 15) is 24.5 Å². The molecule has 13 heteroatoms. The zero-order chi connectivity index (χ0) is 29.0. The number of nitrogens with zero attached hydrogens (tertiary/aromatic N) is 3. The highest BCUT2D eigenvalue weighted by Gasteiger charge is 2.65. The molecule has 2 heterocycles. The standard InChI is InChI=1S/C27H27N3O8S2/c1-16(38-17(2)31)22-15-40-26-27(39-4,28-13-18-5-9-20(10-6-18)30(34)35)25(33)29(26)23(22)24(32)37-14-19-7-11-21(36-3)12-8-19/h5-13,16,26H,14-15H2,1-4H3/t16?,26-,27-/m0/s1. The lowest BCUT2D eigenvalue weighted by atomic mass is 10.0. The van der Waals surface area contributed by atoms with Gasteiger partial charge in [-0.25, -0.2) is 4.79 Å². The number of fused-ring (bicyclic) bond motifs is 1. The predicted molar refractivity (Wildman–Crippen MR) is 151 cm³/mol. The van der Waals surface area contributed by atoms with Gasteiger partial charge in [0.25, 0.3) is 11.6 Å². The summed E-state index contributed by atoms with van der Waals surface area (Å²) in [5.74, 6) is -0.669. The highest BCUT2D eigenvalue weighted by Crippen LogP contribution is 2.53. The van der Waals surface area contributed by atoms with E-state index in [2.05, 4.69) is 4.99 Å². The Kier molecular flexibility index (Phi) is 8.84. The van der Waals surface area contributed by atoms with Gasteiger partial charge in [-0.05, 0) is 48.6 Å². The molecule has 2 aliphatic heterocycles. The van der Waals surface area contributed by atoms with Crippen molar-refractivity contribution in [3.8, 4) is 5.75 Å². The second-order valence-electron chi connectivity index (χ2n) is 8.90. The van der Waals surface area contributed by atoms with Crippen LogP contribution in [0.5, 0.6) is 5.75 Å². The highest BCUT2D eigenvalue weighted by atomic mass is 32.2. The lowest BCUT2D eigenvalue weighted by Crippen LogP contribution is -2.71. The number of non-ortho nitro benzene ring substituents is 1. The SMILES string of the molecule is COc1ccc(COC(=O)C2=C(C(C)OC(C)=O)CS[C@@H]3N2C(=O)[C@]3(N=Cc2ccc([N+](=O)[O-])cc2)SC)cc1. The van der Waals surface area contributed by atoms with Crippen LogP contribution < -0.4 is 4.74 Å². The number of aliphatic imine (C=N–C) groups is 1. The van der Waals surface area contributed by atoms with E-state index in [0.717, 1.165) is 5.56 Å². The molecule has 4 rings (SSSR count). The summed E-state index contributed by atoms with van der Waals surface area (Å²) in [7, 11) is 1.56. The fourth-order valence-corrected chi connectivity index (χ4v) is 6.98. The zero-order valence-corrected chi connectivity index (χ0v) is 23.8. The minimum absolute atomic E-state index is 0.0344. The Labute approximate surface area is 239 Å². The maximum atomic E-state index is 13.7. The van der Waals surface area contributed by atoms with Crippen LogP contribution in [-0.2, 0) is 30.5 Å². The Morgan fingerprint density at radius 2 is 1.93 bits per heavy atom. The van der Waals surface area contributed by atoms with Gasteiger partial charge in [0.2, 0.25) is 4.87 Å². The van der Waals surface area contributed by atoms with Crippen molar-refractivity contribution in [3.05, 3.63) is 81.0 Å². The van der Waals surface area contributed by atoms with Gasteiger partial charge in [-0.1, -0.05) is 12.1 Å². The molecule has 11 nitrogen and oxygen atoms in total.